The maximum Gasteiger partial charge on any atom is 0.422 e. The van der Waals surface area contributed by atoms with Crippen molar-refractivity contribution in [2.45, 2.75) is 39.8 Å². The fourth-order valence-corrected chi connectivity index (χ4v) is 1.41. The van der Waals surface area contributed by atoms with Crippen LogP contribution in [0.3, 0.4) is 0 Å². The van der Waals surface area contributed by atoms with E-state index in [4.69, 9.17) is 16.3 Å². The number of halogens is 4. The molecule has 0 aliphatic rings. The molecule has 0 fully saturated rings. The van der Waals surface area contributed by atoms with Crippen LogP contribution in [0.25, 0.3) is 0 Å². The largest absolute Gasteiger partial charge is 0.492 e. The Kier molecular flexibility index (Phi) is 9.21. The lowest BCUT2D eigenvalue weighted by molar-refractivity contribution is -0.153. The van der Waals surface area contributed by atoms with Gasteiger partial charge in [-0.1, -0.05) is 38.8 Å². The molecule has 6 heteroatoms. The molecule has 0 unspecified atom stereocenters. The smallest absolute Gasteiger partial charge is 0.422 e. The summed E-state index contributed by atoms with van der Waals surface area (Å²) in [5.74, 6) is 0.518. The molecule has 0 N–H and O–H groups in total. The molecule has 1 aromatic carbocycles. The first-order valence-corrected chi connectivity index (χ1v) is 6.92. The molecule has 0 saturated carbocycles. The summed E-state index contributed by atoms with van der Waals surface area (Å²) in [6.07, 6.45) is -2.48. The molecular weight excluding hydrogens is 293 g/mol. The van der Waals surface area contributed by atoms with Crippen molar-refractivity contribution >= 4 is 11.6 Å². The first kappa shape index (κ1) is 18.9. The summed E-state index contributed by atoms with van der Waals surface area (Å²) in [5, 5.41) is 0.241. The van der Waals surface area contributed by atoms with E-state index in [1.54, 1.807) is 0 Å². The molecule has 2 nitrogen and oxygen atoms in total. The minimum atomic E-state index is -4.36. The Bertz CT molecular complexity index is 381. The Hall–Kier alpha value is -1.10. The summed E-state index contributed by atoms with van der Waals surface area (Å²) in [6.45, 7) is 5.22. The van der Waals surface area contributed by atoms with Crippen molar-refractivity contribution in [2.75, 3.05) is 13.2 Å². The Morgan fingerprint density at radius 2 is 1.80 bits per heavy atom. The molecule has 116 valence electrons. The van der Waals surface area contributed by atoms with Gasteiger partial charge >= 0.3 is 6.18 Å². The summed E-state index contributed by atoms with van der Waals surface area (Å²) < 4.78 is 45.8. The molecular formula is C14H20ClF3O2. The predicted molar refractivity (Wildman–Crippen MR) is 74.8 cm³/mol. The van der Waals surface area contributed by atoms with Gasteiger partial charge in [0.15, 0.2) is 6.61 Å². The number of unbranched alkanes of at least 4 members (excludes halogenated alkanes) is 1. The van der Waals surface area contributed by atoms with Gasteiger partial charge in [-0.3, -0.25) is 0 Å². The highest BCUT2D eigenvalue weighted by Gasteiger charge is 2.28. The van der Waals surface area contributed by atoms with Crippen LogP contribution >= 0.6 is 11.6 Å². The highest BCUT2D eigenvalue weighted by molar-refractivity contribution is 6.32. The van der Waals surface area contributed by atoms with Gasteiger partial charge in [0.25, 0.3) is 0 Å². The quantitative estimate of drug-likeness (QED) is 0.647. The third-order valence-electron chi connectivity index (χ3n) is 2.06. The molecule has 20 heavy (non-hydrogen) atoms. The molecule has 0 aliphatic heterocycles. The molecule has 0 amide bonds. The van der Waals surface area contributed by atoms with E-state index in [9.17, 15) is 13.2 Å². The molecule has 0 aliphatic carbocycles. The predicted octanol–water partition coefficient (Wildman–Crippen LogP) is 5.49. The van der Waals surface area contributed by atoms with Crippen molar-refractivity contribution < 1.29 is 22.6 Å². The van der Waals surface area contributed by atoms with E-state index in [2.05, 4.69) is 4.74 Å². The number of ether oxygens (including phenoxy) is 2. The molecule has 0 atom stereocenters. The Morgan fingerprint density at radius 3 is 2.30 bits per heavy atom. The number of benzene rings is 1. The summed E-state index contributed by atoms with van der Waals surface area (Å²) in [7, 11) is 0. The van der Waals surface area contributed by atoms with Crippen LogP contribution in [-0.2, 0) is 0 Å². The average Bonchev–Trinajstić information content (AvgIpc) is 2.40. The monoisotopic (exact) mass is 312 g/mol. The van der Waals surface area contributed by atoms with Crippen LogP contribution < -0.4 is 9.47 Å². The summed E-state index contributed by atoms with van der Waals surface area (Å²) in [6, 6.07) is 4.22. The van der Waals surface area contributed by atoms with E-state index in [1.165, 1.54) is 18.2 Å². The summed E-state index contributed by atoms with van der Waals surface area (Å²) in [4.78, 5) is 0. The van der Waals surface area contributed by atoms with Crippen molar-refractivity contribution in [3.8, 4) is 11.5 Å². The fourth-order valence-electron chi connectivity index (χ4n) is 1.18. The summed E-state index contributed by atoms with van der Waals surface area (Å²) in [5.41, 5.74) is 0. The van der Waals surface area contributed by atoms with Crippen molar-refractivity contribution in [1.29, 1.82) is 0 Å². The zero-order valence-electron chi connectivity index (χ0n) is 11.9. The van der Waals surface area contributed by atoms with Crippen molar-refractivity contribution in [1.82, 2.24) is 0 Å². The molecule has 0 bridgehead atoms. The van der Waals surface area contributed by atoms with E-state index < -0.39 is 12.8 Å². The second kappa shape index (κ2) is 9.75. The van der Waals surface area contributed by atoms with Gasteiger partial charge in [-0.05, 0) is 18.6 Å². The van der Waals surface area contributed by atoms with Gasteiger partial charge < -0.3 is 9.47 Å². The first-order valence-electron chi connectivity index (χ1n) is 6.54. The van der Waals surface area contributed by atoms with Crippen LogP contribution in [0.4, 0.5) is 13.2 Å². The van der Waals surface area contributed by atoms with Gasteiger partial charge in [-0.25, -0.2) is 0 Å². The number of hydrogen-bond donors (Lipinski definition) is 0. The fraction of sp³-hybridized carbons (Fsp3) is 0.571. The second-order valence-electron chi connectivity index (χ2n) is 3.70. The zero-order valence-corrected chi connectivity index (χ0v) is 12.6. The van der Waals surface area contributed by atoms with Crippen molar-refractivity contribution in [3.63, 3.8) is 0 Å². The SMILES string of the molecule is CC.CCCCOc1ccc(OCC(F)(F)F)cc1Cl. The van der Waals surface area contributed by atoms with Gasteiger partial charge in [0.1, 0.15) is 11.5 Å². The minimum Gasteiger partial charge on any atom is -0.492 e. The molecule has 0 saturated heterocycles. The van der Waals surface area contributed by atoms with Crippen LogP contribution in [0.1, 0.15) is 33.6 Å². The maximum absolute atomic E-state index is 11.9. The maximum atomic E-state index is 11.9. The van der Waals surface area contributed by atoms with Crippen LogP contribution in [0.2, 0.25) is 5.02 Å². The Balaban J connectivity index is 0.00000172. The van der Waals surface area contributed by atoms with Gasteiger partial charge in [0, 0.05) is 6.07 Å². The highest BCUT2D eigenvalue weighted by Crippen LogP contribution is 2.29. The lowest BCUT2D eigenvalue weighted by Crippen LogP contribution is -2.19. The highest BCUT2D eigenvalue weighted by atomic mass is 35.5. The van der Waals surface area contributed by atoms with E-state index in [0.717, 1.165) is 12.8 Å². The third-order valence-corrected chi connectivity index (χ3v) is 2.36. The minimum absolute atomic E-state index is 0.0696. The van der Waals surface area contributed by atoms with E-state index in [0.29, 0.717) is 12.4 Å². The van der Waals surface area contributed by atoms with Crippen LogP contribution in [0.15, 0.2) is 18.2 Å². The van der Waals surface area contributed by atoms with Crippen LogP contribution in [-0.4, -0.2) is 19.4 Å². The van der Waals surface area contributed by atoms with Crippen molar-refractivity contribution in [2.24, 2.45) is 0 Å². The topological polar surface area (TPSA) is 18.5 Å². The van der Waals surface area contributed by atoms with E-state index in [-0.39, 0.29) is 10.8 Å². The van der Waals surface area contributed by atoms with Gasteiger partial charge in [-0.2, -0.15) is 13.2 Å². The van der Waals surface area contributed by atoms with Crippen LogP contribution in [0.5, 0.6) is 11.5 Å². The Labute approximate surface area is 122 Å². The molecule has 1 rings (SSSR count). The van der Waals surface area contributed by atoms with Crippen molar-refractivity contribution in [3.05, 3.63) is 23.2 Å². The lowest BCUT2D eigenvalue weighted by Gasteiger charge is -2.11. The average molecular weight is 313 g/mol. The molecule has 0 heterocycles. The number of rotatable bonds is 6. The first-order chi connectivity index (χ1) is 9.42. The molecule has 0 aromatic heterocycles. The molecule has 0 spiro atoms. The lowest BCUT2D eigenvalue weighted by atomic mass is 10.3. The standard InChI is InChI=1S/C12H14ClF3O2.C2H6/c1-2-3-6-17-11-5-4-9(7-10(11)13)18-8-12(14,15)16;1-2/h4-5,7H,2-3,6,8H2,1H3;1-2H3. The van der Waals surface area contributed by atoms with Gasteiger partial charge in [-0.15, -0.1) is 0 Å². The van der Waals surface area contributed by atoms with Gasteiger partial charge in [0.05, 0.1) is 11.6 Å². The second-order valence-corrected chi connectivity index (χ2v) is 4.11. The van der Waals surface area contributed by atoms with Gasteiger partial charge in [0.2, 0.25) is 0 Å². The van der Waals surface area contributed by atoms with Crippen LogP contribution in [0, 0.1) is 0 Å². The van der Waals surface area contributed by atoms with E-state index in [1.807, 2.05) is 20.8 Å². The number of alkyl halides is 3. The molecule has 0 radical (unpaired) electrons. The summed E-state index contributed by atoms with van der Waals surface area (Å²) >= 11 is 5.87. The normalized spacial score (nSPS) is 10.6. The Morgan fingerprint density at radius 1 is 1.15 bits per heavy atom. The third kappa shape index (κ3) is 8.15. The number of hydrogen-bond acceptors (Lipinski definition) is 2. The van der Waals surface area contributed by atoms with E-state index >= 15 is 0 Å². The zero-order chi connectivity index (χ0) is 15.6. The molecule has 1 aromatic rings.